The number of alkyl halides is 2. The molecule has 1 atom stereocenters. The van der Waals surface area contributed by atoms with Gasteiger partial charge in [-0.3, -0.25) is 38.9 Å². The molecule has 0 bridgehead atoms. The van der Waals surface area contributed by atoms with E-state index < -0.39 is 36.1 Å². The zero-order valence-electron chi connectivity index (χ0n) is 30.0. The summed E-state index contributed by atoms with van der Waals surface area (Å²) in [6, 6.07) is 8.45. The maximum atomic E-state index is 14.9. The van der Waals surface area contributed by atoms with Crippen molar-refractivity contribution in [2.45, 2.75) is 71.0 Å². The number of rotatable bonds is 7. The summed E-state index contributed by atoms with van der Waals surface area (Å²) in [6.45, 7) is 5.49. The summed E-state index contributed by atoms with van der Waals surface area (Å²) in [5, 5.41) is 11.7. The quantitative estimate of drug-likeness (QED) is 0.272. The highest BCUT2D eigenvalue weighted by Crippen LogP contribution is 2.40. The molecule has 2 saturated heterocycles. The molecule has 16 heteroatoms. The Bertz CT molecular complexity index is 2240. The molecule has 5 amide bonds. The van der Waals surface area contributed by atoms with E-state index in [1.54, 1.807) is 42.0 Å². The van der Waals surface area contributed by atoms with Gasteiger partial charge in [0.05, 0.1) is 35.6 Å². The average molecular weight is 741 g/mol. The van der Waals surface area contributed by atoms with Crippen molar-refractivity contribution in [3.63, 3.8) is 0 Å². The second kappa shape index (κ2) is 13.6. The predicted octanol–water partition coefficient (Wildman–Crippen LogP) is 4.41. The standard InChI is InChI=1S/C38H38F2N8O6/c1-20-29(18-41-47(20)24-5-7-26-28(17-24)38(53)46(37(26)52)32-8-9-33(50)42-36(32)51)25-6-4-23(16-27(25)34(39)40)44(3)35-30-19-45(21(2)49)13-10-31(30)48(43-35)22-11-14-54-15-12-22/h4-7,16-18,22,32,34H,8-15,19H2,1-3H3,(H,42,50,51). The van der Waals surface area contributed by atoms with Crippen molar-refractivity contribution in [2.24, 2.45) is 0 Å². The Kier molecular flexibility index (Phi) is 8.87. The van der Waals surface area contributed by atoms with E-state index in [1.165, 1.54) is 36.0 Å². The van der Waals surface area contributed by atoms with Crippen molar-refractivity contribution in [1.82, 2.24) is 34.7 Å². The number of hydrogen-bond acceptors (Lipinski definition) is 9. The van der Waals surface area contributed by atoms with Crippen LogP contribution in [0.25, 0.3) is 16.8 Å². The third-order valence-electron chi connectivity index (χ3n) is 11.0. The molecule has 2 fully saturated rings. The smallest absolute Gasteiger partial charge is 0.264 e. The van der Waals surface area contributed by atoms with Crippen molar-refractivity contribution in [3.8, 4) is 16.8 Å². The Morgan fingerprint density at radius 1 is 0.963 bits per heavy atom. The molecule has 280 valence electrons. The molecule has 0 saturated carbocycles. The number of hydrogen-bond donors (Lipinski definition) is 1. The molecule has 54 heavy (non-hydrogen) atoms. The molecule has 8 rings (SSSR count). The number of anilines is 2. The van der Waals surface area contributed by atoms with E-state index in [2.05, 4.69) is 15.1 Å². The fraction of sp³-hybridized carbons (Fsp3) is 0.395. The second-order valence-corrected chi connectivity index (χ2v) is 14.1. The summed E-state index contributed by atoms with van der Waals surface area (Å²) in [5.74, 6) is -1.89. The Morgan fingerprint density at radius 3 is 2.43 bits per heavy atom. The van der Waals surface area contributed by atoms with Gasteiger partial charge in [0, 0.05) is 80.3 Å². The first-order chi connectivity index (χ1) is 25.9. The lowest BCUT2D eigenvalue weighted by molar-refractivity contribution is -0.136. The first-order valence-corrected chi connectivity index (χ1v) is 17.9. The number of nitrogens with one attached hydrogen (secondary N) is 1. The number of fused-ring (bicyclic) bond motifs is 2. The number of ether oxygens (including phenoxy) is 1. The summed E-state index contributed by atoms with van der Waals surface area (Å²) in [4.78, 5) is 67.6. The molecule has 4 aliphatic rings. The van der Waals surface area contributed by atoms with Crippen LogP contribution in [-0.4, -0.2) is 91.7 Å². The molecule has 2 aromatic heterocycles. The van der Waals surface area contributed by atoms with Gasteiger partial charge in [-0.25, -0.2) is 13.5 Å². The van der Waals surface area contributed by atoms with E-state index in [0.29, 0.717) is 61.2 Å². The third-order valence-corrected chi connectivity index (χ3v) is 11.0. The van der Waals surface area contributed by atoms with Crippen LogP contribution in [-0.2, 0) is 32.1 Å². The summed E-state index contributed by atoms with van der Waals surface area (Å²) < 4.78 is 39.0. The molecule has 0 spiro atoms. The lowest BCUT2D eigenvalue weighted by atomic mass is 9.99. The number of carbonyl (C=O) groups is 5. The van der Waals surface area contributed by atoms with Crippen LogP contribution in [0.5, 0.6) is 0 Å². The van der Waals surface area contributed by atoms with Gasteiger partial charge in [-0.2, -0.15) is 10.2 Å². The molecule has 1 unspecified atom stereocenters. The van der Waals surface area contributed by atoms with Crippen LogP contribution in [0.3, 0.4) is 0 Å². The zero-order chi connectivity index (χ0) is 38.0. The van der Waals surface area contributed by atoms with Crippen molar-refractivity contribution in [2.75, 3.05) is 31.7 Å². The van der Waals surface area contributed by atoms with Crippen molar-refractivity contribution in [1.29, 1.82) is 0 Å². The molecule has 4 aromatic rings. The van der Waals surface area contributed by atoms with E-state index in [0.717, 1.165) is 29.0 Å². The van der Waals surface area contributed by atoms with Gasteiger partial charge in [0.25, 0.3) is 18.2 Å². The zero-order valence-corrected chi connectivity index (χ0v) is 30.0. The maximum Gasteiger partial charge on any atom is 0.264 e. The Labute approximate surface area is 308 Å². The van der Waals surface area contributed by atoms with Gasteiger partial charge in [-0.05, 0) is 62.1 Å². The monoisotopic (exact) mass is 740 g/mol. The highest BCUT2D eigenvalue weighted by molar-refractivity contribution is 6.23. The second-order valence-electron chi connectivity index (χ2n) is 14.1. The SMILES string of the molecule is CC(=O)N1CCc2c(c(N(C)c3ccc(-c4cnn(-c5ccc6c(c5)C(=O)N(C5CCC(=O)NC5=O)C6=O)c4C)c(C(F)F)c3)nn2C2CCOCC2)C1. The van der Waals surface area contributed by atoms with Gasteiger partial charge >= 0.3 is 0 Å². The first kappa shape index (κ1) is 35.3. The first-order valence-electron chi connectivity index (χ1n) is 17.9. The van der Waals surface area contributed by atoms with Crippen LogP contribution < -0.4 is 10.2 Å². The molecule has 6 heterocycles. The largest absolute Gasteiger partial charge is 0.381 e. The highest BCUT2D eigenvalue weighted by Gasteiger charge is 2.45. The van der Waals surface area contributed by atoms with Gasteiger partial charge in [0.1, 0.15) is 6.04 Å². The number of nitrogens with zero attached hydrogens (tertiary/aromatic N) is 7. The van der Waals surface area contributed by atoms with Gasteiger partial charge in [-0.15, -0.1) is 0 Å². The van der Waals surface area contributed by atoms with Crippen LogP contribution in [0.4, 0.5) is 20.3 Å². The number of amides is 5. The molecular formula is C38H38F2N8O6. The van der Waals surface area contributed by atoms with Crippen molar-refractivity contribution < 1.29 is 37.5 Å². The van der Waals surface area contributed by atoms with Gasteiger partial charge < -0.3 is 14.5 Å². The van der Waals surface area contributed by atoms with Crippen LogP contribution in [0.1, 0.15) is 88.3 Å². The van der Waals surface area contributed by atoms with Crippen LogP contribution in [0, 0.1) is 6.92 Å². The minimum absolute atomic E-state index is 0.00500. The third kappa shape index (κ3) is 5.84. The number of halogens is 2. The molecule has 0 aliphatic carbocycles. The van der Waals surface area contributed by atoms with E-state index in [-0.39, 0.29) is 47.0 Å². The number of aromatic nitrogens is 4. The fourth-order valence-corrected chi connectivity index (χ4v) is 8.03. The lowest BCUT2D eigenvalue weighted by Crippen LogP contribution is -2.54. The summed E-state index contributed by atoms with van der Waals surface area (Å²) in [7, 11) is 1.79. The number of benzene rings is 2. The van der Waals surface area contributed by atoms with Gasteiger partial charge in [-0.1, -0.05) is 6.07 Å². The number of imide groups is 2. The van der Waals surface area contributed by atoms with E-state index in [4.69, 9.17) is 9.84 Å². The summed E-state index contributed by atoms with van der Waals surface area (Å²) >= 11 is 0. The summed E-state index contributed by atoms with van der Waals surface area (Å²) in [5.41, 5.74) is 4.11. The topological polar surface area (TPSA) is 152 Å². The van der Waals surface area contributed by atoms with Gasteiger partial charge in [0.2, 0.25) is 17.7 Å². The molecule has 0 radical (unpaired) electrons. The Morgan fingerprint density at radius 2 is 1.70 bits per heavy atom. The Hall–Kier alpha value is -5.77. The minimum Gasteiger partial charge on any atom is -0.381 e. The molecule has 2 aromatic carbocycles. The molecule has 1 N–H and O–H groups in total. The molecule has 4 aliphatic heterocycles. The van der Waals surface area contributed by atoms with Gasteiger partial charge in [0.15, 0.2) is 5.82 Å². The number of carbonyl (C=O) groups excluding carboxylic acids is 5. The van der Waals surface area contributed by atoms with E-state index in [9.17, 15) is 32.8 Å². The minimum atomic E-state index is -2.83. The van der Waals surface area contributed by atoms with Crippen molar-refractivity contribution >= 4 is 41.0 Å². The average Bonchev–Trinajstić information content (AvgIpc) is 3.82. The van der Waals surface area contributed by atoms with Crippen molar-refractivity contribution in [3.05, 3.63) is 76.2 Å². The predicted molar refractivity (Wildman–Crippen MR) is 190 cm³/mol. The van der Waals surface area contributed by atoms with E-state index >= 15 is 0 Å². The Balaban J connectivity index is 1.10. The van der Waals surface area contributed by atoms with Crippen LogP contribution in [0.2, 0.25) is 0 Å². The lowest BCUT2D eigenvalue weighted by Gasteiger charge is -2.29. The molecule has 14 nitrogen and oxygen atoms in total. The van der Waals surface area contributed by atoms with Crippen LogP contribution in [0.15, 0.2) is 42.6 Å². The highest BCUT2D eigenvalue weighted by atomic mass is 19.3. The summed E-state index contributed by atoms with van der Waals surface area (Å²) in [6.07, 6.45) is 0.955. The van der Waals surface area contributed by atoms with E-state index in [1.807, 2.05) is 0 Å². The number of piperidine rings is 1. The fourth-order valence-electron chi connectivity index (χ4n) is 8.03. The maximum absolute atomic E-state index is 14.9. The van der Waals surface area contributed by atoms with Crippen LogP contribution >= 0.6 is 0 Å². The normalized spacial score (nSPS) is 19.0. The molecular weight excluding hydrogens is 702 g/mol.